The molecule has 1 aliphatic rings. The lowest BCUT2D eigenvalue weighted by Gasteiger charge is -2.41. The maximum Gasteiger partial charge on any atom is 0.245 e. The molecule has 12 heteroatoms. The van der Waals surface area contributed by atoms with E-state index < -0.39 is 48.4 Å². The summed E-state index contributed by atoms with van der Waals surface area (Å²) in [6, 6.07) is -2.35. The van der Waals surface area contributed by atoms with E-state index in [1.54, 1.807) is 44.9 Å². The Morgan fingerprint density at radius 1 is 0.907 bits per heavy atom. The van der Waals surface area contributed by atoms with E-state index in [0.29, 0.717) is 18.5 Å². The average molecular weight is 764 g/mol. The van der Waals surface area contributed by atoms with E-state index in [9.17, 15) is 24.3 Å². The van der Waals surface area contributed by atoms with Crippen molar-refractivity contribution < 1.29 is 33.8 Å². The van der Waals surface area contributed by atoms with Crippen molar-refractivity contribution in [3.63, 3.8) is 0 Å². The fourth-order valence-electron chi connectivity index (χ4n) is 7.84. The zero-order valence-corrected chi connectivity index (χ0v) is 36.5. The maximum atomic E-state index is 14.3. The van der Waals surface area contributed by atoms with Crippen molar-refractivity contribution in [3.05, 3.63) is 23.8 Å². The number of hydrogen-bond acceptors (Lipinski definition) is 8. The first kappa shape index (κ1) is 49.2. The van der Waals surface area contributed by atoms with Crippen molar-refractivity contribution in [2.45, 2.75) is 163 Å². The van der Waals surface area contributed by atoms with Gasteiger partial charge in [0.1, 0.15) is 6.04 Å². The van der Waals surface area contributed by atoms with Crippen LogP contribution in [0, 0.1) is 23.7 Å². The van der Waals surface area contributed by atoms with Crippen molar-refractivity contribution in [2.75, 3.05) is 34.9 Å². The number of hydrogen-bond donors (Lipinski definition) is 3. The average Bonchev–Trinajstić information content (AvgIpc) is 3.61. The van der Waals surface area contributed by atoms with Crippen LogP contribution in [-0.2, 0) is 28.7 Å². The van der Waals surface area contributed by atoms with Crippen LogP contribution in [0.15, 0.2) is 23.8 Å². The molecule has 3 N–H and O–H groups in total. The molecule has 0 aromatic heterocycles. The molecule has 12 nitrogen and oxygen atoms in total. The lowest BCUT2D eigenvalue weighted by molar-refractivity contribution is -0.148. The quantitative estimate of drug-likeness (QED) is 0.134. The van der Waals surface area contributed by atoms with Crippen molar-refractivity contribution in [1.29, 1.82) is 0 Å². The van der Waals surface area contributed by atoms with Gasteiger partial charge in [-0.2, -0.15) is 0 Å². The van der Waals surface area contributed by atoms with Crippen LogP contribution in [-0.4, -0.2) is 133 Å². The summed E-state index contributed by atoms with van der Waals surface area (Å²) in [7, 11) is 6.80. The highest BCUT2D eigenvalue weighted by molar-refractivity contribution is 5.90. The van der Waals surface area contributed by atoms with E-state index in [4.69, 9.17) is 9.47 Å². The molecule has 0 radical (unpaired) electrons. The van der Waals surface area contributed by atoms with Crippen LogP contribution in [0.4, 0.5) is 0 Å². The molecule has 1 aliphatic heterocycles. The Morgan fingerprint density at radius 2 is 1.52 bits per heavy atom. The van der Waals surface area contributed by atoms with Gasteiger partial charge in [0.2, 0.25) is 23.6 Å². The normalized spacial score (nSPS) is 20.5. The van der Waals surface area contributed by atoms with Gasteiger partial charge in [-0.25, -0.2) is 0 Å². The maximum absolute atomic E-state index is 14.3. The number of aliphatic hydroxyl groups excluding tert-OH is 1. The standard InChI is InChI=1S/C42H77N5O7/c1-17-21-31(19-3)38(49)30(12)43-40(50)29(11)39(54-16)32-22-20-23-47(32)34(48)24-33(53-15)37(28(10)18-2)46(14)42(52)35(25(4)5)44-41(51)36(26(6)7)45(13)27(8)9/h17,19,21,25-30,32-33,35-39,49H,18,20,22-24H2,1-16H3,(H,43,50)(H,44,51)/b21-17-,31-19+/t28-,29+,30+,32-,33+,35?,36?,37-,38+,39+/m0/s1. The molecule has 2 unspecified atom stereocenters. The van der Waals surface area contributed by atoms with E-state index in [2.05, 4.69) is 17.6 Å². The van der Waals surface area contributed by atoms with Crippen LogP contribution in [0.25, 0.3) is 0 Å². The SMILES string of the molecule is C/C=C\C(=C/C)[C@H](O)[C@@H](C)NC(=O)[C@H](C)[C@@H](OC)[C@@H]1CCCN1C(=O)C[C@@H](OC)[C@H]([C@@H](C)CC)N(C)C(=O)C(NC(=O)C(C(C)C)N(C)C(C)C)C(C)C. The van der Waals surface area contributed by atoms with E-state index in [0.717, 1.165) is 12.8 Å². The minimum absolute atomic E-state index is 0.0197. The fraction of sp³-hybridized carbons (Fsp3) is 0.810. The molecule has 1 rings (SSSR count). The van der Waals surface area contributed by atoms with Crippen LogP contribution < -0.4 is 10.6 Å². The minimum Gasteiger partial charge on any atom is -0.386 e. The van der Waals surface area contributed by atoms with Crippen LogP contribution in [0.5, 0.6) is 0 Å². The van der Waals surface area contributed by atoms with Gasteiger partial charge in [0.15, 0.2) is 0 Å². The Labute approximate surface area is 327 Å². The number of ether oxygens (including phenoxy) is 2. The van der Waals surface area contributed by atoms with Gasteiger partial charge in [-0.05, 0) is 77.8 Å². The second kappa shape index (κ2) is 23.3. The Morgan fingerprint density at radius 3 is 1.98 bits per heavy atom. The van der Waals surface area contributed by atoms with Gasteiger partial charge < -0.3 is 35.0 Å². The lowest BCUT2D eigenvalue weighted by atomic mass is 9.89. The molecule has 1 saturated heterocycles. The second-order valence-electron chi connectivity index (χ2n) is 16.3. The number of carbonyl (C=O) groups is 4. The predicted molar refractivity (Wildman–Crippen MR) is 217 cm³/mol. The van der Waals surface area contributed by atoms with Gasteiger partial charge in [0.25, 0.3) is 0 Å². The highest BCUT2D eigenvalue weighted by Crippen LogP contribution is 2.30. The van der Waals surface area contributed by atoms with Gasteiger partial charge in [-0.1, -0.05) is 73.1 Å². The third-order valence-corrected chi connectivity index (χ3v) is 11.5. The third-order valence-electron chi connectivity index (χ3n) is 11.5. The highest BCUT2D eigenvalue weighted by atomic mass is 16.5. The number of allylic oxidation sites excluding steroid dienone is 2. The summed E-state index contributed by atoms with van der Waals surface area (Å²) in [6.07, 6.45) is 5.62. The summed E-state index contributed by atoms with van der Waals surface area (Å²) in [4.78, 5) is 61.3. The monoisotopic (exact) mass is 764 g/mol. The zero-order valence-electron chi connectivity index (χ0n) is 36.5. The number of methoxy groups -OCH3 is 2. The van der Waals surface area contributed by atoms with Crippen molar-refractivity contribution in [1.82, 2.24) is 25.3 Å². The molecule has 0 spiro atoms. The number of nitrogens with zero attached hydrogens (tertiary/aromatic N) is 3. The largest absolute Gasteiger partial charge is 0.386 e. The van der Waals surface area contributed by atoms with Crippen LogP contribution in [0.3, 0.4) is 0 Å². The zero-order chi connectivity index (χ0) is 41.6. The number of carbonyl (C=O) groups excluding carboxylic acids is 4. The van der Waals surface area contributed by atoms with Gasteiger partial charge in [-0.15, -0.1) is 0 Å². The van der Waals surface area contributed by atoms with Crippen LogP contribution >= 0.6 is 0 Å². The molecule has 0 aromatic carbocycles. The lowest BCUT2D eigenvalue weighted by Crippen LogP contribution is -2.60. The Bertz CT molecular complexity index is 1250. The van der Waals surface area contributed by atoms with Crippen LogP contribution in [0.2, 0.25) is 0 Å². The molecule has 1 fully saturated rings. The third kappa shape index (κ3) is 12.9. The molecule has 0 saturated carbocycles. The van der Waals surface area contributed by atoms with E-state index in [1.807, 2.05) is 92.5 Å². The van der Waals surface area contributed by atoms with Gasteiger partial charge in [-0.3, -0.25) is 24.1 Å². The molecule has 54 heavy (non-hydrogen) atoms. The summed E-state index contributed by atoms with van der Waals surface area (Å²) in [5.41, 5.74) is 0.711. The highest BCUT2D eigenvalue weighted by Gasteiger charge is 2.43. The molecule has 0 bridgehead atoms. The minimum atomic E-state index is -0.877. The Balaban J connectivity index is 3.29. The number of nitrogens with one attached hydrogen (secondary N) is 2. The summed E-state index contributed by atoms with van der Waals surface area (Å²) in [5, 5.41) is 16.9. The van der Waals surface area contributed by atoms with Crippen LogP contribution in [0.1, 0.15) is 109 Å². The van der Waals surface area contributed by atoms with E-state index in [1.165, 1.54) is 0 Å². The smallest absolute Gasteiger partial charge is 0.245 e. The van der Waals surface area contributed by atoms with Crippen molar-refractivity contribution in [2.24, 2.45) is 23.7 Å². The Hall–Kier alpha value is -2.80. The molecule has 10 atom stereocenters. The van der Waals surface area contributed by atoms with Gasteiger partial charge in [0.05, 0.1) is 54.8 Å². The predicted octanol–water partition coefficient (Wildman–Crippen LogP) is 4.80. The molecule has 1 heterocycles. The van der Waals surface area contributed by atoms with E-state index in [-0.39, 0.29) is 59.9 Å². The van der Waals surface area contributed by atoms with Crippen molar-refractivity contribution in [3.8, 4) is 0 Å². The number of amides is 4. The molecule has 4 amide bonds. The molecule has 0 aliphatic carbocycles. The Kier molecular flexibility index (Phi) is 21.2. The molecular weight excluding hydrogens is 686 g/mol. The number of likely N-dealkylation sites (tertiary alicyclic amines) is 1. The summed E-state index contributed by atoms with van der Waals surface area (Å²) >= 11 is 0. The molecule has 312 valence electrons. The summed E-state index contributed by atoms with van der Waals surface area (Å²) < 4.78 is 12.0. The number of rotatable bonds is 22. The number of likely N-dealkylation sites (N-methyl/N-ethyl adjacent to an activating group) is 2. The first-order valence-electron chi connectivity index (χ1n) is 20.2. The first-order valence-corrected chi connectivity index (χ1v) is 20.2. The number of aliphatic hydroxyl groups is 1. The van der Waals surface area contributed by atoms with Gasteiger partial charge in [0, 0.05) is 33.9 Å². The molecule has 0 aromatic rings. The summed E-state index contributed by atoms with van der Waals surface area (Å²) in [6.45, 7) is 23.8. The molecular formula is C42H77N5O7. The topological polar surface area (TPSA) is 141 Å². The van der Waals surface area contributed by atoms with Crippen molar-refractivity contribution >= 4 is 23.6 Å². The second-order valence-corrected chi connectivity index (χ2v) is 16.3. The van der Waals surface area contributed by atoms with Gasteiger partial charge >= 0.3 is 0 Å². The summed E-state index contributed by atoms with van der Waals surface area (Å²) in [5.74, 6) is -1.57. The van der Waals surface area contributed by atoms with E-state index >= 15 is 0 Å². The first-order chi connectivity index (χ1) is 25.2. The fourth-order valence-corrected chi connectivity index (χ4v) is 7.84.